The van der Waals surface area contributed by atoms with Crippen molar-refractivity contribution in [2.75, 3.05) is 24.6 Å². The molecule has 0 bridgehead atoms. The summed E-state index contributed by atoms with van der Waals surface area (Å²) in [6, 6.07) is 0. The molecule has 74 valence electrons. The van der Waals surface area contributed by atoms with Gasteiger partial charge in [0, 0.05) is 18.8 Å². The third kappa shape index (κ3) is 2.67. The summed E-state index contributed by atoms with van der Waals surface area (Å²) in [6.07, 6.45) is 9.30. The van der Waals surface area contributed by atoms with Crippen LogP contribution in [0.25, 0.3) is 0 Å². The third-order valence-electron chi connectivity index (χ3n) is 2.88. The summed E-state index contributed by atoms with van der Waals surface area (Å²) in [4.78, 5) is 2.61. The van der Waals surface area contributed by atoms with Crippen LogP contribution < -0.4 is 0 Å². The van der Waals surface area contributed by atoms with Crippen molar-refractivity contribution in [3.05, 3.63) is 11.8 Å². The molecular formula is C11H19NS. The summed E-state index contributed by atoms with van der Waals surface area (Å²) in [5.41, 5.74) is 1.65. The molecule has 0 unspecified atom stereocenters. The highest BCUT2D eigenvalue weighted by atomic mass is 32.2. The summed E-state index contributed by atoms with van der Waals surface area (Å²) in [5, 5.41) is 0. The van der Waals surface area contributed by atoms with Gasteiger partial charge in [-0.1, -0.05) is 6.08 Å². The van der Waals surface area contributed by atoms with Crippen molar-refractivity contribution in [2.45, 2.75) is 32.1 Å². The van der Waals surface area contributed by atoms with Crippen LogP contribution in [-0.2, 0) is 0 Å². The zero-order valence-corrected chi connectivity index (χ0v) is 9.11. The number of hydrogen-bond acceptors (Lipinski definition) is 2. The molecule has 0 atom stereocenters. The fourth-order valence-electron chi connectivity index (χ4n) is 2.16. The Morgan fingerprint density at radius 2 is 1.92 bits per heavy atom. The topological polar surface area (TPSA) is 3.24 Å². The number of allylic oxidation sites excluding steroid dienone is 2. The third-order valence-corrected chi connectivity index (χ3v) is 3.98. The second kappa shape index (κ2) is 4.94. The lowest BCUT2D eigenvalue weighted by atomic mass is 10.2. The molecule has 1 fully saturated rings. The highest BCUT2D eigenvalue weighted by Gasteiger charge is 2.14. The summed E-state index contributed by atoms with van der Waals surface area (Å²) in [7, 11) is 0. The van der Waals surface area contributed by atoms with E-state index in [0.29, 0.717) is 0 Å². The molecule has 0 aliphatic carbocycles. The number of hydrogen-bond donors (Lipinski definition) is 0. The van der Waals surface area contributed by atoms with E-state index in [1.54, 1.807) is 5.70 Å². The molecule has 0 aromatic heterocycles. The van der Waals surface area contributed by atoms with Crippen LogP contribution in [0.2, 0.25) is 0 Å². The van der Waals surface area contributed by atoms with Crippen molar-refractivity contribution in [2.24, 2.45) is 0 Å². The number of rotatable bonds is 1. The lowest BCUT2D eigenvalue weighted by molar-refractivity contribution is 0.405. The van der Waals surface area contributed by atoms with E-state index in [-0.39, 0.29) is 0 Å². The maximum Gasteiger partial charge on any atom is 0.0175 e. The van der Waals surface area contributed by atoms with Crippen LogP contribution >= 0.6 is 11.8 Å². The van der Waals surface area contributed by atoms with Crippen molar-refractivity contribution in [3.8, 4) is 0 Å². The molecule has 2 rings (SSSR count). The minimum absolute atomic E-state index is 1.29. The molecule has 0 radical (unpaired) electrons. The molecular weight excluding hydrogens is 178 g/mol. The molecule has 0 aromatic rings. The van der Waals surface area contributed by atoms with E-state index in [4.69, 9.17) is 0 Å². The molecule has 13 heavy (non-hydrogen) atoms. The monoisotopic (exact) mass is 197 g/mol. The second-order valence-electron chi connectivity index (χ2n) is 3.89. The molecule has 0 saturated carbocycles. The number of nitrogens with zero attached hydrogens (tertiary/aromatic N) is 1. The van der Waals surface area contributed by atoms with Gasteiger partial charge < -0.3 is 4.90 Å². The predicted molar refractivity (Wildman–Crippen MR) is 60.1 cm³/mol. The molecule has 2 heterocycles. The van der Waals surface area contributed by atoms with Gasteiger partial charge in [0.2, 0.25) is 0 Å². The smallest absolute Gasteiger partial charge is 0.0175 e. The van der Waals surface area contributed by atoms with E-state index in [9.17, 15) is 0 Å². The van der Waals surface area contributed by atoms with Crippen molar-refractivity contribution in [1.82, 2.24) is 4.90 Å². The Labute approximate surface area is 85.6 Å². The van der Waals surface area contributed by atoms with E-state index in [2.05, 4.69) is 22.7 Å². The maximum atomic E-state index is 2.61. The van der Waals surface area contributed by atoms with Gasteiger partial charge in [-0.2, -0.15) is 11.8 Å². The number of thioether (sulfide) groups is 1. The largest absolute Gasteiger partial charge is 0.375 e. The summed E-state index contributed by atoms with van der Waals surface area (Å²) >= 11 is 2.11. The molecule has 2 aliphatic heterocycles. The average molecular weight is 197 g/mol. The lowest BCUT2D eigenvalue weighted by Crippen LogP contribution is -2.19. The zero-order chi connectivity index (χ0) is 8.93. The summed E-state index contributed by atoms with van der Waals surface area (Å²) in [5.74, 6) is 2.70. The Hall–Kier alpha value is -0.110. The van der Waals surface area contributed by atoms with E-state index in [1.807, 2.05) is 0 Å². The van der Waals surface area contributed by atoms with Crippen LogP contribution in [-0.4, -0.2) is 29.5 Å². The Balaban J connectivity index is 1.93. The van der Waals surface area contributed by atoms with Gasteiger partial charge in [0.25, 0.3) is 0 Å². The van der Waals surface area contributed by atoms with Crippen molar-refractivity contribution >= 4 is 11.8 Å². The molecule has 1 saturated heterocycles. The van der Waals surface area contributed by atoms with Crippen LogP contribution in [0.1, 0.15) is 32.1 Å². The fourth-order valence-corrected chi connectivity index (χ4v) is 3.00. The van der Waals surface area contributed by atoms with Gasteiger partial charge in [0.15, 0.2) is 0 Å². The van der Waals surface area contributed by atoms with Gasteiger partial charge in [0.05, 0.1) is 0 Å². The quantitative estimate of drug-likeness (QED) is 0.636. The van der Waals surface area contributed by atoms with Gasteiger partial charge in [-0.3, -0.25) is 0 Å². The first kappa shape index (κ1) is 9.45. The van der Waals surface area contributed by atoms with E-state index >= 15 is 0 Å². The van der Waals surface area contributed by atoms with Gasteiger partial charge in [-0.15, -0.1) is 0 Å². The second-order valence-corrected chi connectivity index (χ2v) is 5.12. The first-order chi connectivity index (χ1) is 6.47. The Bertz CT molecular complexity index is 183. The molecule has 0 spiro atoms. The van der Waals surface area contributed by atoms with Crippen LogP contribution in [0.15, 0.2) is 11.8 Å². The van der Waals surface area contributed by atoms with Crippen molar-refractivity contribution < 1.29 is 0 Å². The minimum atomic E-state index is 1.29. The normalized spacial score (nSPS) is 29.2. The SMILES string of the molecule is C1=C(/N2CCCC2)CCCSCC/1. The maximum absolute atomic E-state index is 2.61. The minimum Gasteiger partial charge on any atom is -0.375 e. The van der Waals surface area contributed by atoms with Gasteiger partial charge in [-0.25, -0.2) is 0 Å². The van der Waals surface area contributed by atoms with Crippen LogP contribution in [0, 0.1) is 0 Å². The lowest BCUT2D eigenvalue weighted by Gasteiger charge is -2.23. The molecule has 1 nitrogen and oxygen atoms in total. The standard InChI is InChI=1S/C11H19NS/c1-2-8-12(7-1)11-5-3-9-13-10-4-6-11/h5H,1-4,6-10H2/b11-5+. The summed E-state index contributed by atoms with van der Waals surface area (Å²) in [6.45, 7) is 2.64. The Kier molecular flexibility index (Phi) is 3.59. The van der Waals surface area contributed by atoms with Crippen LogP contribution in [0.4, 0.5) is 0 Å². The van der Waals surface area contributed by atoms with Crippen molar-refractivity contribution in [1.29, 1.82) is 0 Å². The molecule has 0 aromatic carbocycles. The van der Waals surface area contributed by atoms with Crippen LogP contribution in [0.3, 0.4) is 0 Å². The first-order valence-electron chi connectivity index (χ1n) is 5.48. The highest BCUT2D eigenvalue weighted by Crippen LogP contribution is 2.22. The van der Waals surface area contributed by atoms with Gasteiger partial charge in [0.1, 0.15) is 0 Å². The summed E-state index contributed by atoms with van der Waals surface area (Å²) < 4.78 is 0. The fraction of sp³-hybridized carbons (Fsp3) is 0.818. The molecule has 0 amide bonds. The number of likely N-dealkylation sites (tertiary alicyclic amines) is 1. The predicted octanol–water partition coefficient (Wildman–Crippen LogP) is 2.88. The van der Waals surface area contributed by atoms with Crippen molar-refractivity contribution in [3.63, 3.8) is 0 Å². The van der Waals surface area contributed by atoms with E-state index in [0.717, 1.165) is 0 Å². The molecule has 2 aliphatic rings. The van der Waals surface area contributed by atoms with E-state index in [1.165, 1.54) is 56.7 Å². The molecule has 0 N–H and O–H groups in total. The van der Waals surface area contributed by atoms with Gasteiger partial charge in [-0.05, 0) is 43.6 Å². The van der Waals surface area contributed by atoms with Gasteiger partial charge >= 0.3 is 0 Å². The Morgan fingerprint density at radius 1 is 1.08 bits per heavy atom. The highest BCUT2D eigenvalue weighted by molar-refractivity contribution is 7.99. The first-order valence-corrected chi connectivity index (χ1v) is 6.64. The molecule has 2 heteroatoms. The Morgan fingerprint density at radius 3 is 2.77 bits per heavy atom. The average Bonchev–Trinajstić information content (AvgIpc) is 2.55. The zero-order valence-electron chi connectivity index (χ0n) is 8.30. The van der Waals surface area contributed by atoms with E-state index < -0.39 is 0 Å². The van der Waals surface area contributed by atoms with Crippen LogP contribution in [0.5, 0.6) is 0 Å².